The van der Waals surface area contributed by atoms with Crippen LogP contribution in [0.4, 0.5) is 0 Å². The molecule has 2 nitrogen and oxygen atoms in total. The number of hydrogen-bond donors (Lipinski definition) is 1. The van der Waals surface area contributed by atoms with E-state index in [-0.39, 0.29) is 6.10 Å². The van der Waals surface area contributed by atoms with E-state index in [1.165, 1.54) is 12.0 Å². The largest absolute Gasteiger partial charge is 0.391 e. The summed E-state index contributed by atoms with van der Waals surface area (Å²) in [6.45, 7) is 0. The van der Waals surface area contributed by atoms with Crippen molar-refractivity contribution in [2.75, 3.05) is 7.05 Å². The second-order valence-corrected chi connectivity index (χ2v) is 5.21. The fourth-order valence-corrected chi connectivity index (χ4v) is 3.47. The number of hydrogen-bond acceptors (Lipinski definition) is 2. The molecule has 16 heavy (non-hydrogen) atoms. The molecule has 2 bridgehead atoms. The molecule has 0 aromatic heterocycles. The summed E-state index contributed by atoms with van der Waals surface area (Å²) in [5, 5.41) is 10.4. The van der Waals surface area contributed by atoms with Crippen LogP contribution < -0.4 is 0 Å². The third-order valence-corrected chi connectivity index (χ3v) is 4.45. The van der Waals surface area contributed by atoms with Crippen LogP contribution in [0.3, 0.4) is 0 Å². The fourth-order valence-electron chi connectivity index (χ4n) is 3.47. The lowest BCUT2D eigenvalue weighted by Crippen LogP contribution is -2.48. The molecular formula is C14H19NO. The Balaban J connectivity index is 1.88. The Morgan fingerprint density at radius 2 is 1.94 bits per heavy atom. The minimum Gasteiger partial charge on any atom is -0.391 e. The van der Waals surface area contributed by atoms with E-state index >= 15 is 0 Å². The number of piperidine rings is 1. The number of fused-ring (bicyclic) bond motifs is 2. The predicted molar refractivity (Wildman–Crippen MR) is 64.4 cm³/mol. The number of aliphatic hydroxyl groups is 1. The maximum atomic E-state index is 10.4. The molecule has 0 unspecified atom stereocenters. The zero-order valence-electron chi connectivity index (χ0n) is 9.71. The van der Waals surface area contributed by atoms with E-state index < -0.39 is 0 Å². The molecule has 0 radical (unpaired) electrons. The smallest absolute Gasteiger partial charge is 0.0764 e. The van der Waals surface area contributed by atoms with Gasteiger partial charge in [0.15, 0.2) is 0 Å². The number of rotatable bonds is 1. The Kier molecular flexibility index (Phi) is 2.49. The lowest BCUT2D eigenvalue weighted by atomic mass is 9.83. The summed E-state index contributed by atoms with van der Waals surface area (Å²) in [7, 11) is 2.16. The van der Waals surface area contributed by atoms with Gasteiger partial charge in [-0.2, -0.15) is 0 Å². The van der Waals surface area contributed by atoms with E-state index in [1.54, 1.807) is 0 Å². The predicted octanol–water partition coefficient (Wildman–Crippen LogP) is 2.00. The first-order valence-corrected chi connectivity index (χ1v) is 6.22. The molecule has 2 fully saturated rings. The minimum atomic E-state index is -0.189. The molecule has 0 amide bonds. The van der Waals surface area contributed by atoms with Gasteiger partial charge in [-0.3, -0.25) is 4.90 Å². The SMILES string of the molecule is CN1[C@H]2CC[C@H]1[C@H](O)[C@H](c1ccccc1)C2. The van der Waals surface area contributed by atoms with Crippen molar-refractivity contribution in [1.82, 2.24) is 4.90 Å². The zero-order chi connectivity index (χ0) is 11.1. The maximum Gasteiger partial charge on any atom is 0.0764 e. The highest BCUT2D eigenvalue weighted by Crippen LogP contribution is 2.42. The first-order chi connectivity index (χ1) is 7.77. The maximum absolute atomic E-state index is 10.4. The molecule has 2 aliphatic rings. The van der Waals surface area contributed by atoms with Gasteiger partial charge in [-0.15, -0.1) is 0 Å². The van der Waals surface area contributed by atoms with Crippen LogP contribution in [0.1, 0.15) is 30.7 Å². The van der Waals surface area contributed by atoms with Gasteiger partial charge in [-0.1, -0.05) is 30.3 Å². The topological polar surface area (TPSA) is 23.5 Å². The van der Waals surface area contributed by atoms with Gasteiger partial charge in [-0.25, -0.2) is 0 Å². The van der Waals surface area contributed by atoms with E-state index in [0.29, 0.717) is 18.0 Å². The van der Waals surface area contributed by atoms with Gasteiger partial charge in [0.25, 0.3) is 0 Å². The molecular weight excluding hydrogens is 198 g/mol. The van der Waals surface area contributed by atoms with Gasteiger partial charge in [0.1, 0.15) is 0 Å². The third-order valence-electron chi connectivity index (χ3n) is 4.45. The third kappa shape index (κ3) is 1.48. The van der Waals surface area contributed by atoms with Gasteiger partial charge in [0.05, 0.1) is 6.10 Å². The molecule has 2 heterocycles. The Bertz CT molecular complexity index is 364. The molecule has 0 saturated carbocycles. The molecule has 4 atom stereocenters. The van der Waals surface area contributed by atoms with Crippen molar-refractivity contribution in [2.45, 2.75) is 43.4 Å². The first-order valence-electron chi connectivity index (χ1n) is 6.22. The molecule has 2 aliphatic heterocycles. The molecule has 86 valence electrons. The lowest BCUT2D eigenvalue weighted by molar-refractivity contribution is 0.0112. The molecule has 0 spiro atoms. The fraction of sp³-hybridized carbons (Fsp3) is 0.571. The summed E-state index contributed by atoms with van der Waals surface area (Å²) in [4.78, 5) is 2.38. The second-order valence-electron chi connectivity index (χ2n) is 5.21. The van der Waals surface area contributed by atoms with Crippen LogP contribution in [-0.2, 0) is 0 Å². The number of likely N-dealkylation sites (N-methyl/N-ethyl adjacent to an activating group) is 1. The summed E-state index contributed by atoms with van der Waals surface area (Å²) in [5.74, 6) is 0.342. The van der Waals surface area contributed by atoms with Crippen LogP contribution in [0.2, 0.25) is 0 Å². The highest BCUT2D eigenvalue weighted by molar-refractivity contribution is 5.23. The van der Waals surface area contributed by atoms with Crippen LogP contribution >= 0.6 is 0 Å². The van der Waals surface area contributed by atoms with Gasteiger partial charge in [0, 0.05) is 18.0 Å². The summed E-state index contributed by atoms with van der Waals surface area (Å²) < 4.78 is 0. The Labute approximate surface area is 96.9 Å². The first kappa shape index (κ1) is 10.3. The van der Waals surface area contributed by atoms with E-state index in [9.17, 15) is 5.11 Å². The highest BCUT2D eigenvalue weighted by Gasteiger charge is 2.44. The van der Waals surface area contributed by atoms with Crippen LogP contribution in [0.25, 0.3) is 0 Å². The number of benzene rings is 1. The highest BCUT2D eigenvalue weighted by atomic mass is 16.3. The van der Waals surface area contributed by atoms with Crippen molar-refractivity contribution >= 4 is 0 Å². The number of nitrogens with zero attached hydrogens (tertiary/aromatic N) is 1. The zero-order valence-corrected chi connectivity index (χ0v) is 9.71. The molecule has 0 aliphatic carbocycles. The van der Waals surface area contributed by atoms with Crippen molar-refractivity contribution in [1.29, 1.82) is 0 Å². The van der Waals surface area contributed by atoms with Crippen LogP contribution in [0, 0.1) is 0 Å². The average molecular weight is 217 g/mol. The van der Waals surface area contributed by atoms with Crippen molar-refractivity contribution in [3.05, 3.63) is 35.9 Å². The molecule has 2 saturated heterocycles. The molecule has 2 heteroatoms. The van der Waals surface area contributed by atoms with Crippen LogP contribution in [0.15, 0.2) is 30.3 Å². The van der Waals surface area contributed by atoms with Crippen molar-refractivity contribution in [3.63, 3.8) is 0 Å². The summed E-state index contributed by atoms with van der Waals surface area (Å²) >= 11 is 0. The Hall–Kier alpha value is -0.860. The summed E-state index contributed by atoms with van der Waals surface area (Å²) in [5.41, 5.74) is 1.31. The van der Waals surface area contributed by atoms with Gasteiger partial charge in [0.2, 0.25) is 0 Å². The van der Waals surface area contributed by atoms with Crippen molar-refractivity contribution < 1.29 is 5.11 Å². The van der Waals surface area contributed by atoms with E-state index in [2.05, 4.69) is 36.2 Å². The van der Waals surface area contributed by atoms with E-state index in [1.807, 2.05) is 6.07 Å². The van der Waals surface area contributed by atoms with E-state index in [0.717, 1.165) is 12.8 Å². The van der Waals surface area contributed by atoms with Gasteiger partial charge in [-0.05, 0) is 31.9 Å². The molecule has 1 aromatic carbocycles. The van der Waals surface area contributed by atoms with Crippen LogP contribution in [0.5, 0.6) is 0 Å². The average Bonchev–Trinajstić information content (AvgIpc) is 2.57. The molecule has 1 aromatic rings. The normalized spacial score (nSPS) is 38.9. The van der Waals surface area contributed by atoms with Gasteiger partial charge < -0.3 is 5.11 Å². The van der Waals surface area contributed by atoms with Crippen LogP contribution in [-0.4, -0.2) is 35.2 Å². The minimum absolute atomic E-state index is 0.189. The Morgan fingerprint density at radius 1 is 1.19 bits per heavy atom. The van der Waals surface area contributed by atoms with Crippen molar-refractivity contribution in [2.24, 2.45) is 0 Å². The lowest BCUT2D eigenvalue weighted by Gasteiger charge is -2.40. The quantitative estimate of drug-likeness (QED) is 0.777. The van der Waals surface area contributed by atoms with E-state index in [4.69, 9.17) is 0 Å². The monoisotopic (exact) mass is 217 g/mol. The van der Waals surface area contributed by atoms with Crippen molar-refractivity contribution in [3.8, 4) is 0 Å². The Morgan fingerprint density at radius 3 is 2.69 bits per heavy atom. The number of aliphatic hydroxyl groups excluding tert-OH is 1. The summed E-state index contributed by atoms with van der Waals surface area (Å²) in [6.07, 6.45) is 3.33. The van der Waals surface area contributed by atoms with Gasteiger partial charge >= 0.3 is 0 Å². The second kappa shape index (κ2) is 3.86. The molecule has 3 rings (SSSR count). The standard InChI is InChI=1S/C14H19NO/c1-15-11-7-8-13(15)14(16)12(9-11)10-5-3-2-4-6-10/h2-6,11-14,16H,7-9H2,1H3/t11-,12-,13-,14+/m0/s1. The molecule has 1 N–H and O–H groups in total. The summed E-state index contributed by atoms with van der Waals surface area (Å²) in [6, 6.07) is 11.5.